The van der Waals surface area contributed by atoms with E-state index < -0.39 is 11.9 Å². The summed E-state index contributed by atoms with van der Waals surface area (Å²) in [6, 6.07) is 5.09. The number of anilines is 1. The minimum Gasteiger partial charge on any atom is -0.495 e. The number of amides is 1. The van der Waals surface area contributed by atoms with Crippen LogP contribution in [0.2, 0.25) is 5.02 Å². The molecule has 1 atom stereocenters. The second-order valence-corrected chi connectivity index (χ2v) is 5.30. The predicted molar refractivity (Wildman–Crippen MR) is 78.8 cm³/mol. The molecule has 0 radical (unpaired) electrons. The minimum absolute atomic E-state index is 0.0725. The fourth-order valence-corrected chi connectivity index (χ4v) is 2.46. The molecule has 21 heavy (non-hydrogen) atoms. The van der Waals surface area contributed by atoms with Crippen molar-refractivity contribution in [3.8, 4) is 5.75 Å². The number of aliphatic carboxylic acids is 1. The Kier molecular flexibility index (Phi) is 4.90. The smallest absolute Gasteiger partial charge is 0.308 e. The summed E-state index contributed by atoms with van der Waals surface area (Å²) in [5, 5.41) is 12.5. The molecule has 1 saturated heterocycles. The number of rotatable bonds is 5. The van der Waals surface area contributed by atoms with Gasteiger partial charge in [-0.2, -0.15) is 0 Å². The van der Waals surface area contributed by atoms with E-state index in [1.807, 2.05) is 0 Å². The van der Waals surface area contributed by atoms with E-state index in [0.29, 0.717) is 29.4 Å². The highest BCUT2D eigenvalue weighted by atomic mass is 35.5. The van der Waals surface area contributed by atoms with Crippen molar-refractivity contribution < 1.29 is 19.4 Å². The number of methoxy groups -OCH3 is 1. The second kappa shape index (κ2) is 6.67. The van der Waals surface area contributed by atoms with Gasteiger partial charge in [0.1, 0.15) is 5.75 Å². The van der Waals surface area contributed by atoms with Gasteiger partial charge in [-0.15, -0.1) is 0 Å². The average Bonchev–Trinajstić information content (AvgIpc) is 2.95. The molecule has 2 N–H and O–H groups in total. The van der Waals surface area contributed by atoms with E-state index in [2.05, 4.69) is 5.32 Å². The molecular weight excluding hydrogens is 296 g/mol. The number of hydrogen-bond donors (Lipinski definition) is 2. The quantitative estimate of drug-likeness (QED) is 0.865. The molecule has 0 saturated carbocycles. The molecule has 1 aliphatic heterocycles. The lowest BCUT2D eigenvalue weighted by atomic mass is 10.1. The van der Waals surface area contributed by atoms with Crippen LogP contribution in [-0.4, -0.2) is 48.6 Å². The number of nitrogens with zero attached hydrogens (tertiary/aromatic N) is 1. The highest BCUT2D eigenvalue weighted by Gasteiger charge is 2.30. The molecule has 1 aromatic carbocycles. The maximum absolute atomic E-state index is 12.1. The van der Waals surface area contributed by atoms with E-state index in [0.717, 1.165) is 0 Å². The first kappa shape index (κ1) is 15.4. The van der Waals surface area contributed by atoms with Crippen molar-refractivity contribution in [3.63, 3.8) is 0 Å². The highest BCUT2D eigenvalue weighted by molar-refractivity contribution is 6.30. The lowest BCUT2D eigenvalue weighted by Gasteiger charge is -2.17. The Morgan fingerprint density at radius 2 is 2.29 bits per heavy atom. The lowest BCUT2D eigenvalue weighted by Crippen LogP contribution is -2.34. The van der Waals surface area contributed by atoms with E-state index in [-0.39, 0.29) is 19.0 Å². The Morgan fingerprint density at radius 1 is 1.52 bits per heavy atom. The van der Waals surface area contributed by atoms with Gasteiger partial charge in [-0.25, -0.2) is 0 Å². The van der Waals surface area contributed by atoms with Crippen LogP contribution in [0.1, 0.15) is 6.42 Å². The Balaban J connectivity index is 1.93. The number of hydrogen-bond acceptors (Lipinski definition) is 4. The van der Waals surface area contributed by atoms with E-state index in [9.17, 15) is 9.59 Å². The zero-order chi connectivity index (χ0) is 15.4. The first-order valence-electron chi connectivity index (χ1n) is 6.59. The molecular formula is C14H17ClN2O4. The van der Waals surface area contributed by atoms with Crippen LogP contribution in [0.15, 0.2) is 18.2 Å². The van der Waals surface area contributed by atoms with Gasteiger partial charge in [0, 0.05) is 18.1 Å². The molecule has 1 aromatic rings. The van der Waals surface area contributed by atoms with Crippen LogP contribution in [0.3, 0.4) is 0 Å². The van der Waals surface area contributed by atoms with Crippen molar-refractivity contribution in [3.05, 3.63) is 23.2 Å². The molecule has 0 aliphatic carbocycles. The lowest BCUT2D eigenvalue weighted by molar-refractivity contribution is -0.141. The molecule has 1 aliphatic rings. The number of carbonyl (C=O) groups excluding carboxylic acids is 1. The molecule has 1 amide bonds. The van der Waals surface area contributed by atoms with Crippen LogP contribution in [-0.2, 0) is 9.59 Å². The van der Waals surface area contributed by atoms with Gasteiger partial charge >= 0.3 is 5.97 Å². The summed E-state index contributed by atoms with van der Waals surface area (Å²) in [5.41, 5.74) is 0.632. The van der Waals surface area contributed by atoms with Crippen molar-refractivity contribution in [2.75, 3.05) is 32.1 Å². The van der Waals surface area contributed by atoms with E-state index in [4.69, 9.17) is 21.4 Å². The van der Waals surface area contributed by atoms with Crippen LogP contribution >= 0.6 is 11.6 Å². The Labute approximate surface area is 127 Å². The van der Waals surface area contributed by atoms with E-state index in [1.165, 1.54) is 7.11 Å². The van der Waals surface area contributed by atoms with Gasteiger partial charge in [0.15, 0.2) is 0 Å². The van der Waals surface area contributed by atoms with Gasteiger partial charge in [-0.3, -0.25) is 9.59 Å². The summed E-state index contributed by atoms with van der Waals surface area (Å²) in [5.74, 6) is -0.859. The minimum atomic E-state index is -0.852. The van der Waals surface area contributed by atoms with Gasteiger partial charge in [0.25, 0.3) is 0 Å². The summed E-state index contributed by atoms with van der Waals surface area (Å²) >= 11 is 5.91. The van der Waals surface area contributed by atoms with Gasteiger partial charge < -0.3 is 20.1 Å². The third kappa shape index (κ3) is 3.78. The van der Waals surface area contributed by atoms with Crippen LogP contribution in [0.5, 0.6) is 5.75 Å². The number of carboxylic acid groups (broad SMARTS) is 1. The topological polar surface area (TPSA) is 78.9 Å². The number of carbonyl (C=O) groups is 2. The van der Waals surface area contributed by atoms with Crippen LogP contribution in [0.25, 0.3) is 0 Å². The Bertz CT molecular complexity index is 550. The maximum Gasteiger partial charge on any atom is 0.308 e. The molecule has 0 aromatic heterocycles. The highest BCUT2D eigenvalue weighted by Crippen LogP contribution is 2.27. The monoisotopic (exact) mass is 312 g/mol. The Hall–Kier alpha value is -1.95. The summed E-state index contributed by atoms with van der Waals surface area (Å²) in [6.45, 7) is 0.815. The predicted octanol–water partition coefficient (Wildman–Crippen LogP) is 1.69. The Morgan fingerprint density at radius 3 is 2.90 bits per heavy atom. The number of nitrogens with one attached hydrogen (secondary N) is 1. The third-order valence-electron chi connectivity index (χ3n) is 3.48. The molecule has 2 rings (SSSR count). The largest absolute Gasteiger partial charge is 0.495 e. The number of ether oxygens (including phenoxy) is 1. The fraction of sp³-hybridized carbons (Fsp3) is 0.429. The SMILES string of the molecule is COc1ccc(Cl)cc1NCC(=O)N1CCC(C(=O)O)C1. The molecule has 1 fully saturated rings. The summed E-state index contributed by atoms with van der Waals surface area (Å²) < 4.78 is 5.18. The number of benzene rings is 1. The number of likely N-dealkylation sites (tertiary alicyclic amines) is 1. The first-order valence-corrected chi connectivity index (χ1v) is 6.97. The molecule has 114 valence electrons. The number of carboxylic acids is 1. The van der Waals surface area contributed by atoms with E-state index >= 15 is 0 Å². The summed E-state index contributed by atoms with van der Waals surface area (Å²) in [6.07, 6.45) is 0.502. The molecule has 6 nitrogen and oxygen atoms in total. The van der Waals surface area contributed by atoms with E-state index in [1.54, 1.807) is 23.1 Å². The zero-order valence-corrected chi connectivity index (χ0v) is 12.4. The summed E-state index contributed by atoms with van der Waals surface area (Å²) in [7, 11) is 1.54. The molecule has 0 bridgehead atoms. The first-order chi connectivity index (χ1) is 10.0. The summed E-state index contributed by atoms with van der Waals surface area (Å²) in [4.78, 5) is 24.5. The fourth-order valence-electron chi connectivity index (χ4n) is 2.29. The van der Waals surface area contributed by atoms with Crippen molar-refractivity contribution in [1.29, 1.82) is 0 Å². The van der Waals surface area contributed by atoms with Gasteiger partial charge in [0.05, 0.1) is 25.3 Å². The maximum atomic E-state index is 12.1. The average molecular weight is 313 g/mol. The molecule has 7 heteroatoms. The van der Waals surface area contributed by atoms with Gasteiger partial charge in [-0.1, -0.05) is 11.6 Å². The normalized spacial score (nSPS) is 17.6. The standard InChI is InChI=1S/C14H17ClN2O4/c1-21-12-3-2-10(15)6-11(12)16-7-13(18)17-5-4-9(8-17)14(19)20/h2-3,6,9,16H,4-5,7-8H2,1H3,(H,19,20). The van der Waals surface area contributed by atoms with Gasteiger partial charge in [0.2, 0.25) is 5.91 Å². The van der Waals surface area contributed by atoms with Crippen LogP contribution in [0, 0.1) is 5.92 Å². The second-order valence-electron chi connectivity index (χ2n) is 4.86. The third-order valence-corrected chi connectivity index (χ3v) is 3.72. The molecule has 1 heterocycles. The van der Waals surface area contributed by atoms with Crippen molar-refractivity contribution in [1.82, 2.24) is 4.90 Å². The van der Waals surface area contributed by atoms with Crippen molar-refractivity contribution in [2.24, 2.45) is 5.92 Å². The number of halogens is 1. The van der Waals surface area contributed by atoms with Crippen molar-refractivity contribution >= 4 is 29.2 Å². The molecule has 1 unspecified atom stereocenters. The van der Waals surface area contributed by atoms with Crippen LogP contribution < -0.4 is 10.1 Å². The molecule has 0 spiro atoms. The van der Waals surface area contributed by atoms with Gasteiger partial charge in [-0.05, 0) is 24.6 Å². The zero-order valence-electron chi connectivity index (χ0n) is 11.6. The van der Waals surface area contributed by atoms with Crippen molar-refractivity contribution in [2.45, 2.75) is 6.42 Å². The van der Waals surface area contributed by atoms with Crippen LogP contribution in [0.4, 0.5) is 5.69 Å².